The molecule has 10 heteroatoms. The quantitative estimate of drug-likeness (QED) is 0.251. The number of halogens is 3. The van der Waals surface area contributed by atoms with Gasteiger partial charge in [0.05, 0.1) is 12.6 Å². The molecule has 0 saturated carbocycles. The normalized spacial score (nSPS) is 12.8. The maximum absolute atomic E-state index is 12.2. The SMILES string of the molecule is CC(O)C(NC(=O)c1ccc(C#Cc2ccc(CNCC(F)(F)F)cc2)cc1)C(=O)NO. The van der Waals surface area contributed by atoms with Crippen molar-refractivity contribution in [2.75, 3.05) is 6.54 Å². The molecule has 0 aliphatic rings. The third-order valence-electron chi connectivity index (χ3n) is 4.27. The van der Waals surface area contributed by atoms with Gasteiger partial charge in [-0.3, -0.25) is 14.8 Å². The van der Waals surface area contributed by atoms with Gasteiger partial charge in [-0.2, -0.15) is 13.2 Å². The smallest absolute Gasteiger partial charge is 0.391 e. The molecule has 0 saturated heterocycles. The lowest BCUT2D eigenvalue weighted by Crippen LogP contribution is -2.51. The van der Waals surface area contributed by atoms with Crippen molar-refractivity contribution >= 4 is 11.8 Å². The van der Waals surface area contributed by atoms with Crippen LogP contribution in [0.2, 0.25) is 0 Å². The zero-order valence-electron chi connectivity index (χ0n) is 17.0. The molecule has 0 heterocycles. The number of hydrogen-bond donors (Lipinski definition) is 5. The van der Waals surface area contributed by atoms with Crippen LogP contribution in [0, 0.1) is 11.8 Å². The molecule has 7 nitrogen and oxygen atoms in total. The number of rotatable bonds is 7. The van der Waals surface area contributed by atoms with E-state index in [1.807, 2.05) is 0 Å². The Morgan fingerprint density at radius 1 is 1.00 bits per heavy atom. The van der Waals surface area contributed by atoms with Crippen LogP contribution in [0.5, 0.6) is 0 Å². The van der Waals surface area contributed by atoms with Gasteiger partial charge in [0.15, 0.2) is 0 Å². The summed E-state index contributed by atoms with van der Waals surface area (Å²) in [5.74, 6) is 4.27. The monoisotopic (exact) mass is 449 g/mol. The fraction of sp³-hybridized carbons (Fsp3) is 0.273. The Morgan fingerprint density at radius 2 is 1.53 bits per heavy atom. The predicted octanol–water partition coefficient (Wildman–Crippen LogP) is 1.72. The van der Waals surface area contributed by atoms with Crippen LogP contribution in [-0.2, 0) is 11.3 Å². The summed E-state index contributed by atoms with van der Waals surface area (Å²) in [6.07, 6.45) is -5.47. The summed E-state index contributed by atoms with van der Waals surface area (Å²) in [4.78, 5) is 23.7. The zero-order chi connectivity index (χ0) is 23.7. The largest absolute Gasteiger partial charge is 0.401 e. The van der Waals surface area contributed by atoms with E-state index in [-0.39, 0.29) is 12.1 Å². The Kier molecular flexibility index (Phi) is 8.78. The number of amides is 2. The average Bonchev–Trinajstić information content (AvgIpc) is 2.75. The van der Waals surface area contributed by atoms with Crippen LogP contribution in [0.4, 0.5) is 13.2 Å². The number of carbonyl (C=O) groups excluding carboxylic acids is 2. The number of hydrogen-bond acceptors (Lipinski definition) is 5. The molecule has 0 aliphatic carbocycles. The highest BCUT2D eigenvalue weighted by atomic mass is 19.4. The van der Waals surface area contributed by atoms with Gasteiger partial charge < -0.3 is 15.7 Å². The van der Waals surface area contributed by atoms with E-state index in [2.05, 4.69) is 22.5 Å². The molecule has 32 heavy (non-hydrogen) atoms. The van der Waals surface area contributed by atoms with Crippen molar-refractivity contribution in [2.45, 2.75) is 31.8 Å². The van der Waals surface area contributed by atoms with E-state index >= 15 is 0 Å². The van der Waals surface area contributed by atoms with Crippen molar-refractivity contribution in [3.8, 4) is 11.8 Å². The van der Waals surface area contributed by atoms with Crippen LogP contribution in [0.25, 0.3) is 0 Å². The molecule has 170 valence electrons. The molecule has 2 aromatic rings. The van der Waals surface area contributed by atoms with Gasteiger partial charge in [-0.1, -0.05) is 24.0 Å². The van der Waals surface area contributed by atoms with E-state index in [0.717, 1.165) is 0 Å². The zero-order valence-corrected chi connectivity index (χ0v) is 17.0. The molecule has 2 amide bonds. The fourth-order valence-electron chi connectivity index (χ4n) is 2.60. The Balaban J connectivity index is 1.97. The van der Waals surface area contributed by atoms with Crippen LogP contribution < -0.4 is 16.1 Å². The van der Waals surface area contributed by atoms with E-state index in [1.165, 1.54) is 24.5 Å². The second-order valence-corrected chi connectivity index (χ2v) is 6.91. The first-order valence-electron chi connectivity index (χ1n) is 9.50. The van der Waals surface area contributed by atoms with E-state index in [4.69, 9.17) is 5.21 Å². The van der Waals surface area contributed by atoms with Crippen molar-refractivity contribution < 1.29 is 33.1 Å². The van der Waals surface area contributed by atoms with E-state index < -0.39 is 36.7 Å². The first-order valence-corrected chi connectivity index (χ1v) is 9.50. The summed E-state index contributed by atoms with van der Waals surface area (Å²) in [6.45, 7) is 0.327. The summed E-state index contributed by atoms with van der Waals surface area (Å²) >= 11 is 0. The van der Waals surface area contributed by atoms with Crippen molar-refractivity contribution in [2.24, 2.45) is 0 Å². The summed E-state index contributed by atoms with van der Waals surface area (Å²) in [6, 6.07) is 11.6. The van der Waals surface area contributed by atoms with Crippen LogP contribution in [0.15, 0.2) is 48.5 Å². The van der Waals surface area contributed by atoms with Gasteiger partial charge in [0, 0.05) is 23.2 Å². The molecule has 2 atom stereocenters. The molecule has 2 aromatic carbocycles. The van der Waals surface area contributed by atoms with Gasteiger partial charge in [-0.05, 0) is 48.9 Å². The number of nitrogens with one attached hydrogen (secondary N) is 3. The standard InChI is InChI=1S/C22H22F3N3O4/c1-14(29)19(21(31)28-32)27-20(30)18-10-8-16(9-11-18)3-2-15-4-6-17(7-5-15)12-26-13-22(23,24)25/h4-11,14,19,26,29,32H,12-13H2,1H3,(H,27,30)(H,28,31). The summed E-state index contributed by atoms with van der Waals surface area (Å²) < 4.78 is 36.4. The predicted molar refractivity (Wildman–Crippen MR) is 109 cm³/mol. The number of hydroxylamine groups is 1. The first-order chi connectivity index (χ1) is 15.1. The lowest BCUT2D eigenvalue weighted by molar-refractivity contribution is -0.133. The Bertz CT molecular complexity index is 979. The lowest BCUT2D eigenvalue weighted by Gasteiger charge is -2.19. The van der Waals surface area contributed by atoms with Crippen molar-refractivity contribution in [3.63, 3.8) is 0 Å². The number of aliphatic hydroxyl groups is 1. The minimum Gasteiger partial charge on any atom is -0.391 e. The molecule has 0 bridgehead atoms. The Morgan fingerprint density at radius 3 is 2.00 bits per heavy atom. The van der Waals surface area contributed by atoms with E-state index in [9.17, 15) is 27.9 Å². The van der Waals surface area contributed by atoms with Crippen LogP contribution in [-0.4, -0.2) is 47.0 Å². The van der Waals surface area contributed by atoms with Crippen molar-refractivity contribution in [1.82, 2.24) is 16.1 Å². The number of carbonyl (C=O) groups is 2. The summed E-state index contributed by atoms with van der Waals surface area (Å²) in [5, 5.41) is 22.9. The van der Waals surface area contributed by atoms with Crippen LogP contribution in [0.1, 0.15) is 34.0 Å². The van der Waals surface area contributed by atoms with Gasteiger partial charge in [0.25, 0.3) is 11.8 Å². The first kappa shape index (κ1) is 24.9. The number of aliphatic hydroxyl groups excluding tert-OH is 1. The highest BCUT2D eigenvalue weighted by Crippen LogP contribution is 2.13. The summed E-state index contributed by atoms with van der Waals surface area (Å²) in [5.41, 5.74) is 3.58. The topological polar surface area (TPSA) is 111 Å². The number of alkyl halides is 3. The molecule has 0 fully saturated rings. The minimum absolute atomic E-state index is 0.0899. The molecular formula is C22H22F3N3O4. The van der Waals surface area contributed by atoms with Gasteiger partial charge >= 0.3 is 6.18 Å². The van der Waals surface area contributed by atoms with Crippen LogP contribution in [0.3, 0.4) is 0 Å². The maximum atomic E-state index is 12.2. The molecule has 0 aromatic heterocycles. The maximum Gasteiger partial charge on any atom is 0.401 e. The highest BCUT2D eigenvalue weighted by molar-refractivity contribution is 5.97. The van der Waals surface area contributed by atoms with Crippen LogP contribution >= 0.6 is 0 Å². The minimum atomic E-state index is -4.26. The second-order valence-electron chi connectivity index (χ2n) is 6.91. The Hall–Kier alpha value is -3.39. The van der Waals surface area contributed by atoms with Crippen molar-refractivity contribution in [1.29, 1.82) is 0 Å². The lowest BCUT2D eigenvalue weighted by atomic mass is 10.1. The van der Waals surface area contributed by atoms with Crippen molar-refractivity contribution in [3.05, 3.63) is 70.8 Å². The molecule has 0 aliphatic heterocycles. The molecule has 2 rings (SSSR count). The molecular weight excluding hydrogens is 427 g/mol. The highest BCUT2D eigenvalue weighted by Gasteiger charge is 2.26. The van der Waals surface area contributed by atoms with Gasteiger partial charge in [-0.25, -0.2) is 5.48 Å². The van der Waals surface area contributed by atoms with Gasteiger partial charge in [-0.15, -0.1) is 0 Å². The summed E-state index contributed by atoms with van der Waals surface area (Å²) in [7, 11) is 0. The molecule has 5 N–H and O–H groups in total. The third-order valence-corrected chi connectivity index (χ3v) is 4.27. The average molecular weight is 449 g/mol. The van der Waals surface area contributed by atoms with Gasteiger partial charge in [0.2, 0.25) is 0 Å². The molecule has 0 radical (unpaired) electrons. The Labute approximate surface area is 182 Å². The van der Waals surface area contributed by atoms with E-state index in [0.29, 0.717) is 16.7 Å². The van der Waals surface area contributed by atoms with E-state index in [1.54, 1.807) is 36.4 Å². The number of benzene rings is 2. The van der Waals surface area contributed by atoms with Gasteiger partial charge in [0.1, 0.15) is 6.04 Å². The molecule has 0 spiro atoms. The molecule has 2 unspecified atom stereocenters. The third kappa shape index (κ3) is 8.03. The fourth-order valence-corrected chi connectivity index (χ4v) is 2.60. The second kappa shape index (κ2) is 11.3.